The van der Waals surface area contributed by atoms with Gasteiger partial charge in [-0.15, -0.1) is 0 Å². The van der Waals surface area contributed by atoms with Crippen molar-refractivity contribution in [2.75, 3.05) is 39.8 Å². The minimum absolute atomic E-state index is 0.0883. The fraction of sp³-hybridized carbons (Fsp3) is 0.917. The molecule has 94 valence electrons. The predicted octanol–water partition coefficient (Wildman–Crippen LogP) is 0.395. The van der Waals surface area contributed by atoms with Gasteiger partial charge in [-0.2, -0.15) is 0 Å². The Morgan fingerprint density at radius 1 is 1.50 bits per heavy atom. The first-order valence-electron chi connectivity index (χ1n) is 6.27. The van der Waals surface area contributed by atoms with Crippen molar-refractivity contribution in [2.24, 2.45) is 5.92 Å². The third-order valence-electron chi connectivity index (χ3n) is 3.41. The van der Waals surface area contributed by atoms with Crippen LogP contribution in [0.4, 0.5) is 0 Å². The highest BCUT2D eigenvalue weighted by molar-refractivity contribution is 5.78. The number of carbonyl (C=O) groups is 1. The van der Waals surface area contributed by atoms with E-state index in [9.17, 15) is 4.79 Å². The highest BCUT2D eigenvalue weighted by Crippen LogP contribution is 2.11. The summed E-state index contributed by atoms with van der Waals surface area (Å²) in [5.41, 5.74) is 0. The monoisotopic (exact) mass is 227 g/mol. The molecule has 1 fully saturated rings. The van der Waals surface area contributed by atoms with Gasteiger partial charge in [-0.1, -0.05) is 13.8 Å². The highest BCUT2D eigenvalue weighted by Gasteiger charge is 2.27. The summed E-state index contributed by atoms with van der Waals surface area (Å²) in [6.07, 6.45) is 0. The number of nitrogens with zero attached hydrogens (tertiary/aromatic N) is 2. The Hall–Kier alpha value is -0.610. The average molecular weight is 227 g/mol. The first kappa shape index (κ1) is 13.5. The Morgan fingerprint density at radius 3 is 2.69 bits per heavy atom. The minimum atomic E-state index is 0.0883. The summed E-state index contributed by atoms with van der Waals surface area (Å²) in [5.74, 6) is 0.377. The summed E-state index contributed by atoms with van der Waals surface area (Å²) in [6, 6.07) is 0.490. The molecule has 1 saturated heterocycles. The SMILES string of the molecule is CCN1CCN(C(=O)C(C)CNC)CC1C. The van der Waals surface area contributed by atoms with E-state index in [2.05, 4.69) is 24.1 Å². The molecule has 0 bridgehead atoms. The number of carbonyl (C=O) groups excluding carboxylic acids is 1. The van der Waals surface area contributed by atoms with Crippen molar-refractivity contribution >= 4 is 5.91 Å². The Bertz CT molecular complexity index is 232. The van der Waals surface area contributed by atoms with Crippen molar-refractivity contribution in [3.05, 3.63) is 0 Å². The van der Waals surface area contributed by atoms with Gasteiger partial charge in [-0.3, -0.25) is 9.69 Å². The predicted molar refractivity (Wildman–Crippen MR) is 66.4 cm³/mol. The minimum Gasteiger partial charge on any atom is -0.340 e. The largest absolute Gasteiger partial charge is 0.340 e. The van der Waals surface area contributed by atoms with Gasteiger partial charge in [-0.25, -0.2) is 0 Å². The zero-order valence-electron chi connectivity index (χ0n) is 11.0. The first-order chi connectivity index (χ1) is 7.60. The number of hydrogen-bond donors (Lipinski definition) is 1. The van der Waals surface area contributed by atoms with Gasteiger partial charge < -0.3 is 10.2 Å². The van der Waals surface area contributed by atoms with Gasteiger partial charge in [0, 0.05) is 38.1 Å². The fourth-order valence-corrected chi connectivity index (χ4v) is 2.37. The van der Waals surface area contributed by atoms with Gasteiger partial charge >= 0.3 is 0 Å². The van der Waals surface area contributed by atoms with Crippen molar-refractivity contribution in [1.29, 1.82) is 0 Å². The quantitative estimate of drug-likeness (QED) is 0.755. The maximum atomic E-state index is 12.1. The van der Waals surface area contributed by atoms with Crippen molar-refractivity contribution in [2.45, 2.75) is 26.8 Å². The molecule has 2 atom stereocenters. The van der Waals surface area contributed by atoms with E-state index in [-0.39, 0.29) is 11.8 Å². The Balaban J connectivity index is 2.47. The summed E-state index contributed by atoms with van der Waals surface area (Å²) >= 11 is 0. The Labute approximate surface area is 99.0 Å². The van der Waals surface area contributed by atoms with E-state index in [1.54, 1.807) is 0 Å². The van der Waals surface area contributed by atoms with Crippen LogP contribution in [-0.2, 0) is 4.79 Å². The highest BCUT2D eigenvalue weighted by atomic mass is 16.2. The summed E-state index contributed by atoms with van der Waals surface area (Å²) in [7, 11) is 1.89. The molecule has 2 unspecified atom stereocenters. The first-order valence-corrected chi connectivity index (χ1v) is 6.27. The molecule has 1 rings (SSSR count). The molecule has 1 heterocycles. The Morgan fingerprint density at radius 2 is 2.19 bits per heavy atom. The molecule has 0 radical (unpaired) electrons. The zero-order valence-corrected chi connectivity index (χ0v) is 11.0. The van der Waals surface area contributed by atoms with E-state index in [1.807, 2.05) is 18.9 Å². The summed E-state index contributed by atoms with van der Waals surface area (Å²) in [5, 5.41) is 3.06. The van der Waals surface area contributed by atoms with Gasteiger partial charge in [0.2, 0.25) is 5.91 Å². The molecular weight excluding hydrogens is 202 g/mol. The second-order valence-corrected chi connectivity index (χ2v) is 4.72. The number of amides is 1. The summed E-state index contributed by atoms with van der Waals surface area (Å²) < 4.78 is 0. The molecule has 0 aromatic carbocycles. The normalized spacial score (nSPS) is 24.5. The molecule has 0 aromatic rings. The third kappa shape index (κ3) is 3.19. The molecule has 1 amide bonds. The summed E-state index contributed by atoms with van der Waals surface area (Å²) in [4.78, 5) is 16.5. The molecule has 0 spiro atoms. The molecule has 4 nitrogen and oxygen atoms in total. The van der Waals surface area contributed by atoms with Crippen molar-refractivity contribution in [3.8, 4) is 0 Å². The fourth-order valence-electron chi connectivity index (χ4n) is 2.37. The zero-order chi connectivity index (χ0) is 12.1. The maximum Gasteiger partial charge on any atom is 0.226 e. The second kappa shape index (κ2) is 6.21. The van der Waals surface area contributed by atoms with E-state index in [0.29, 0.717) is 6.04 Å². The molecule has 0 aromatic heterocycles. The molecule has 4 heteroatoms. The van der Waals surface area contributed by atoms with Crippen molar-refractivity contribution in [1.82, 2.24) is 15.1 Å². The molecule has 1 N–H and O–H groups in total. The van der Waals surface area contributed by atoms with E-state index in [4.69, 9.17) is 0 Å². The van der Waals surface area contributed by atoms with Gasteiger partial charge in [-0.05, 0) is 20.5 Å². The van der Waals surface area contributed by atoms with E-state index < -0.39 is 0 Å². The van der Waals surface area contributed by atoms with Crippen LogP contribution in [0.1, 0.15) is 20.8 Å². The van der Waals surface area contributed by atoms with Crippen molar-refractivity contribution < 1.29 is 4.79 Å². The van der Waals surface area contributed by atoms with Gasteiger partial charge in [0.25, 0.3) is 0 Å². The van der Waals surface area contributed by atoms with Crippen LogP contribution in [0.5, 0.6) is 0 Å². The topological polar surface area (TPSA) is 35.6 Å². The van der Waals surface area contributed by atoms with Crippen molar-refractivity contribution in [3.63, 3.8) is 0 Å². The van der Waals surface area contributed by atoms with Crippen LogP contribution >= 0.6 is 0 Å². The van der Waals surface area contributed by atoms with Crippen LogP contribution in [-0.4, -0.2) is 61.5 Å². The van der Waals surface area contributed by atoms with Gasteiger partial charge in [0.15, 0.2) is 0 Å². The molecule has 1 aliphatic heterocycles. The Kier molecular flexibility index (Phi) is 5.22. The number of rotatable bonds is 4. The van der Waals surface area contributed by atoms with E-state index >= 15 is 0 Å². The maximum absolute atomic E-state index is 12.1. The van der Waals surface area contributed by atoms with Crippen LogP contribution in [0.15, 0.2) is 0 Å². The lowest BCUT2D eigenvalue weighted by Crippen LogP contribution is -2.54. The lowest BCUT2D eigenvalue weighted by Gasteiger charge is -2.40. The standard InChI is InChI=1S/C12H25N3O/c1-5-14-6-7-15(9-11(14)3)12(16)10(2)8-13-4/h10-11,13H,5-9H2,1-4H3. The molecule has 16 heavy (non-hydrogen) atoms. The number of likely N-dealkylation sites (N-methyl/N-ethyl adjacent to an activating group) is 1. The number of piperazine rings is 1. The van der Waals surface area contributed by atoms with E-state index in [0.717, 1.165) is 32.7 Å². The number of nitrogens with one attached hydrogen (secondary N) is 1. The van der Waals surface area contributed by atoms with Gasteiger partial charge in [0.05, 0.1) is 0 Å². The van der Waals surface area contributed by atoms with Gasteiger partial charge in [0.1, 0.15) is 0 Å². The van der Waals surface area contributed by atoms with Crippen LogP contribution in [0.25, 0.3) is 0 Å². The van der Waals surface area contributed by atoms with E-state index in [1.165, 1.54) is 0 Å². The molecule has 1 aliphatic rings. The lowest BCUT2D eigenvalue weighted by molar-refractivity contribution is -0.137. The molecule has 0 saturated carbocycles. The lowest BCUT2D eigenvalue weighted by atomic mass is 10.1. The second-order valence-electron chi connectivity index (χ2n) is 4.72. The van der Waals surface area contributed by atoms with Crippen LogP contribution in [0, 0.1) is 5.92 Å². The average Bonchev–Trinajstić information content (AvgIpc) is 2.28. The van der Waals surface area contributed by atoms with Crippen LogP contribution < -0.4 is 5.32 Å². The molecular formula is C12H25N3O. The van der Waals surface area contributed by atoms with Crippen LogP contribution in [0.3, 0.4) is 0 Å². The van der Waals surface area contributed by atoms with Crippen LogP contribution in [0.2, 0.25) is 0 Å². The molecule has 0 aliphatic carbocycles. The third-order valence-corrected chi connectivity index (χ3v) is 3.41. The number of hydrogen-bond acceptors (Lipinski definition) is 3. The summed E-state index contributed by atoms with van der Waals surface area (Å²) in [6.45, 7) is 11.0. The smallest absolute Gasteiger partial charge is 0.226 e.